The average Bonchev–Trinajstić information content (AvgIpc) is 3.22. The molecule has 0 radical (unpaired) electrons. The molecule has 1 atom stereocenters. The number of benzene rings is 1. The van der Waals surface area contributed by atoms with Crippen molar-refractivity contribution >= 4 is 38.3 Å². The zero-order valence-corrected chi connectivity index (χ0v) is 15.3. The molecule has 23 heavy (non-hydrogen) atoms. The van der Waals surface area contributed by atoms with E-state index in [4.69, 9.17) is 0 Å². The molecule has 0 aliphatic carbocycles. The van der Waals surface area contributed by atoms with Gasteiger partial charge in [-0.1, -0.05) is 34.1 Å². The van der Waals surface area contributed by atoms with E-state index in [9.17, 15) is 4.79 Å². The van der Waals surface area contributed by atoms with Gasteiger partial charge in [0, 0.05) is 41.6 Å². The van der Waals surface area contributed by atoms with E-state index in [1.165, 1.54) is 5.56 Å². The van der Waals surface area contributed by atoms with Crippen molar-refractivity contribution < 1.29 is 4.79 Å². The van der Waals surface area contributed by atoms with Crippen LogP contribution < -0.4 is 10.2 Å². The van der Waals surface area contributed by atoms with Crippen LogP contribution >= 0.6 is 27.3 Å². The van der Waals surface area contributed by atoms with Gasteiger partial charge in [0.15, 0.2) is 5.13 Å². The average molecular weight is 394 g/mol. The molecule has 1 N–H and O–H groups in total. The SMILES string of the molecule is O=C(CCc1ccccc1Br)NC[C@@H]1CCCN1c1nccs1. The third-order valence-electron chi connectivity index (χ3n) is 4.16. The Morgan fingerprint density at radius 3 is 3.09 bits per heavy atom. The van der Waals surface area contributed by atoms with Gasteiger partial charge in [-0.25, -0.2) is 4.98 Å². The van der Waals surface area contributed by atoms with Gasteiger partial charge < -0.3 is 10.2 Å². The van der Waals surface area contributed by atoms with Gasteiger partial charge in [-0.2, -0.15) is 0 Å². The Hall–Kier alpha value is -1.40. The highest BCUT2D eigenvalue weighted by Gasteiger charge is 2.26. The molecule has 0 bridgehead atoms. The van der Waals surface area contributed by atoms with Crippen LogP contribution in [-0.4, -0.2) is 30.0 Å². The minimum atomic E-state index is 0.117. The van der Waals surface area contributed by atoms with Gasteiger partial charge in [-0.3, -0.25) is 4.79 Å². The Balaban J connectivity index is 1.46. The molecule has 122 valence electrons. The van der Waals surface area contributed by atoms with E-state index in [2.05, 4.69) is 37.2 Å². The third kappa shape index (κ3) is 4.32. The molecule has 1 saturated heterocycles. The van der Waals surface area contributed by atoms with Crippen molar-refractivity contribution in [2.24, 2.45) is 0 Å². The molecule has 1 fully saturated rings. The minimum absolute atomic E-state index is 0.117. The van der Waals surface area contributed by atoms with Crippen molar-refractivity contribution in [1.29, 1.82) is 0 Å². The van der Waals surface area contributed by atoms with Crippen LogP contribution in [0.5, 0.6) is 0 Å². The summed E-state index contributed by atoms with van der Waals surface area (Å²) in [5.41, 5.74) is 1.17. The first-order chi connectivity index (χ1) is 11.2. The van der Waals surface area contributed by atoms with Gasteiger partial charge in [0.1, 0.15) is 0 Å². The summed E-state index contributed by atoms with van der Waals surface area (Å²) < 4.78 is 1.07. The van der Waals surface area contributed by atoms with Gasteiger partial charge in [0.05, 0.1) is 0 Å². The molecule has 1 amide bonds. The van der Waals surface area contributed by atoms with Crippen LogP contribution in [0.2, 0.25) is 0 Å². The predicted molar refractivity (Wildman–Crippen MR) is 98.0 cm³/mol. The Morgan fingerprint density at radius 1 is 1.43 bits per heavy atom. The largest absolute Gasteiger partial charge is 0.354 e. The number of rotatable bonds is 6. The van der Waals surface area contributed by atoms with Crippen LogP contribution in [-0.2, 0) is 11.2 Å². The van der Waals surface area contributed by atoms with Crippen molar-refractivity contribution in [2.45, 2.75) is 31.7 Å². The van der Waals surface area contributed by atoms with Crippen LogP contribution in [0.4, 0.5) is 5.13 Å². The minimum Gasteiger partial charge on any atom is -0.354 e. The first-order valence-electron chi connectivity index (χ1n) is 7.90. The fourth-order valence-corrected chi connectivity index (χ4v) is 4.15. The van der Waals surface area contributed by atoms with Crippen molar-refractivity contribution in [3.8, 4) is 0 Å². The molecule has 4 nitrogen and oxygen atoms in total. The molecule has 2 heterocycles. The highest BCUT2D eigenvalue weighted by Crippen LogP contribution is 2.26. The monoisotopic (exact) mass is 393 g/mol. The lowest BCUT2D eigenvalue weighted by Gasteiger charge is -2.24. The fraction of sp³-hybridized carbons (Fsp3) is 0.412. The Labute approximate surface area is 149 Å². The summed E-state index contributed by atoms with van der Waals surface area (Å²) in [5.74, 6) is 0.117. The predicted octanol–water partition coefficient (Wildman–Crippen LogP) is 3.62. The normalized spacial score (nSPS) is 17.4. The Morgan fingerprint density at radius 2 is 2.30 bits per heavy atom. The molecule has 3 rings (SSSR count). The van der Waals surface area contributed by atoms with Crippen LogP contribution in [0.15, 0.2) is 40.3 Å². The highest BCUT2D eigenvalue weighted by molar-refractivity contribution is 9.10. The number of aromatic nitrogens is 1. The quantitative estimate of drug-likeness (QED) is 0.814. The molecule has 0 saturated carbocycles. The first-order valence-corrected chi connectivity index (χ1v) is 9.57. The molecule has 0 unspecified atom stereocenters. The maximum Gasteiger partial charge on any atom is 0.220 e. The second-order valence-electron chi connectivity index (χ2n) is 5.70. The number of thiazole rings is 1. The Bertz CT molecular complexity index is 647. The summed E-state index contributed by atoms with van der Waals surface area (Å²) in [6.07, 6.45) is 5.40. The van der Waals surface area contributed by atoms with Gasteiger partial charge in [0.2, 0.25) is 5.91 Å². The number of carbonyl (C=O) groups is 1. The molecular weight excluding hydrogens is 374 g/mol. The van der Waals surface area contributed by atoms with E-state index < -0.39 is 0 Å². The van der Waals surface area contributed by atoms with Crippen molar-refractivity contribution in [3.63, 3.8) is 0 Å². The number of nitrogens with zero attached hydrogens (tertiary/aromatic N) is 2. The summed E-state index contributed by atoms with van der Waals surface area (Å²) >= 11 is 5.19. The number of aryl methyl sites for hydroxylation is 1. The van der Waals surface area contributed by atoms with Gasteiger partial charge >= 0.3 is 0 Å². The second-order valence-corrected chi connectivity index (χ2v) is 7.43. The van der Waals surface area contributed by atoms with Crippen molar-refractivity contribution in [3.05, 3.63) is 45.9 Å². The molecule has 1 aromatic carbocycles. The smallest absolute Gasteiger partial charge is 0.220 e. The molecular formula is C17H20BrN3OS. The van der Waals surface area contributed by atoms with E-state index in [-0.39, 0.29) is 5.91 Å². The van der Waals surface area contributed by atoms with E-state index in [1.54, 1.807) is 11.3 Å². The van der Waals surface area contributed by atoms with Crippen LogP contribution in [0.1, 0.15) is 24.8 Å². The Kier molecular flexibility index (Phi) is 5.67. The highest BCUT2D eigenvalue weighted by atomic mass is 79.9. The number of anilines is 1. The van der Waals surface area contributed by atoms with E-state index >= 15 is 0 Å². The van der Waals surface area contributed by atoms with Gasteiger partial charge in [0.25, 0.3) is 0 Å². The maximum atomic E-state index is 12.1. The number of nitrogens with one attached hydrogen (secondary N) is 1. The maximum absolute atomic E-state index is 12.1. The second kappa shape index (κ2) is 7.93. The lowest BCUT2D eigenvalue weighted by Crippen LogP contribution is -2.40. The van der Waals surface area contributed by atoms with Gasteiger partial charge in [-0.05, 0) is 30.9 Å². The topological polar surface area (TPSA) is 45.2 Å². The van der Waals surface area contributed by atoms with E-state index in [0.717, 1.165) is 35.4 Å². The molecule has 2 aromatic rings. The van der Waals surface area contributed by atoms with Gasteiger partial charge in [-0.15, -0.1) is 11.3 Å². The summed E-state index contributed by atoms with van der Waals surface area (Å²) in [4.78, 5) is 18.8. The van der Waals surface area contributed by atoms with Crippen LogP contribution in [0.25, 0.3) is 0 Å². The van der Waals surface area contributed by atoms with Crippen molar-refractivity contribution in [2.75, 3.05) is 18.0 Å². The number of hydrogen-bond donors (Lipinski definition) is 1. The van der Waals surface area contributed by atoms with Crippen molar-refractivity contribution in [1.82, 2.24) is 10.3 Å². The number of carbonyl (C=O) groups excluding carboxylic acids is 1. The fourth-order valence-electron chi connectivity index (χ4n) is 2.93. The summed E-state index contributed by atoms with van der Waals surface area (Å²) in [5, 5.41) is 6.15. The van der Waals surface area contributed by atoms with Crippen LogP contribution in [0.3, 0.4) is 0 Å². The lowest BCUT2D eigenvalue weighted by atomic mass is 10.1. The molecule has 6 heteroatoms. The lowest BCUT2D eigenvalue weighted by molar-refractivity contribution is -0.121. The number of hydrogen-bond acceptors (Lipinski definition) is 4. The molecule has 0 spiro atoms. The van der Waals surface area contributed by atoms with E-state index in [0.29, 0.717) is 19.0 Å². The number of amides is 1. The summed E-state index contributed by atoms with van der Waals surface area (Å²) in [7, 11) is 0. The first kappa shape index (κ1) is 16.5. The third-order valence-corrected chi connectivity index (χ3v) is 5.74. The molecule has 1 aliphatic rings. The van der Waals surface area contributed by atoms with Crippen LogP contribution in [0, 0.1) is 0 Å². The number of halogens is 1. The molecule has 1 aromatic heterocycles. The molecule has 1 aliphatic heterocycles. The van der Waals surface area contributed by atoms with E-state index in [1.807, 2.05) is 29.8 Å². The zero-order chi connectivity index (χ0) is 16.1. The summed E-state index contributed by atoms with van der Waals surface area (Å²) in [6.45, 7) is 1.74. The zero-order valence-electron chi connectivity index (χ0n) is 12.9. The standard InChI is InChI=1S/C17H20BrN3OS/c18-15-6-2-1-4-13(15)7-8-16(22)20-12-14-5-3-10-21(14)17-19-9-11-23-17/h1-2,4,6,9,11,14H,3,5,7-8,10,12H2,(H,20,22)/t14-/m0/s1. The summed E-state index contributed by atoms with van der Waals surface area (Å²) in [6, 6.07) is 8.42.